The number of nitrogens with zero attached hydrogens (tertiary/aromatic N) is 2. The number of amides is 1. The zero-order chi connectivity index (χ0) is 16.3. The third-order valence-electron chi connectivity index (χ3n) is 3.23. The SMILES string of the molecule is Cc1cccc(Nc2nccc(C(=O)NC(C)(C)C)n2)c1C. The fourth-order valence-corrected chi connectivity index (χ4v) is 1.96. The van der Waals surface area contributed by atoms with E-state index in [0.29, 0.717) is 11.6 Å². The summed E-state index contributed by atoms with van der Waals surface area (Å²) in [5.74, 6) is 0.203. The van der Waals surface area contributed by atoms with Gasteiger partial charge in [0, 0.05) is 17.4 Å². The topological polar surface area (TPSA) is 66.9 Å². The first-order valence-electron chi connectivity index (χ1n) is 7.25. The largest absolute Gasteiger partial charge is 0.346 e. The molecule has 1 aromatic heterocycles. The van der Waals surface area contributed by atoms with E-state index in [1.807, 2.05) is 39.8 Å². The number of carbonyl (C=O) groups excluding carboxylic acids is 1. The van der Waals surface area contributed by atoms with E-state index in [0.717, 1.165) is 11.3 Å². The smallest absolute Gasteiger partial charge is 0.270 e. The van der Waals surface area contributed by atoms with Gasteiger partial charge in [0.15, 0.2) is 0 Å². The van der Waals surface area contributed by atoms with Crippen molar-refractivity contribution in [2.24, 2.45) is 0 Å². The average Bonchev–Trinajstić information content (AvgIpc) is 2.42. The molecule has 2 aromatic rings. The van der Waals surface area contributed by atoms with Gasteiger partial charge < -0.3 is 10.6 Å². The van der Waals surface area contributed by atoms with Crippen LogP contribution in [0.15, 0.2) is 30.5 Å². The van der Waals surface area contributed by atoms with Crippen LogP contribution < -0.4 is 10.6 Å². The van der Waals surface area contributed by atoms with E-state index < -0.39 is 0 Å². The molecule has 2 rings (SSSR count). The molecular formula is C17H22N4O. The van der Waals surface area contributed by atoms with Crippen LogP contribution in [0.1, 0.15) is 42.4 Å². The lowest BCUT2D eigenvalue weighted by atomic mass is 10.1. The Morgan fingerprint density at radius 3 is 2.55 bits per heavy atom. The van der Waals surface area contributed by atoms with Gasteiger partial charge >= 0.3 is 0 Å². The average molecular weight is 298 g/mol. The molecule has 0 saturated heterocycles. The maximum atomic E-state index is 12.2. The van der Waals surface area contributed by atoms with E-state index in [1.165, 1.54) is 5.56 Å². The van der Waals surface area contributed by atoms with Crippen LogP contribution >= 0.6 is 0 Å². The predicted octanol–water partition coefficient (Wildman–Crippen LogP) is 3.37. The maximum Gasteiger partial charge on any atom is 0.270 e. The van der Waals surface area contributed by atoms with Gasteiger partial charge in [-0.1, -0.05) is 12.1 Å². The minimum absolute atomic E-state index is 0.209. The fourth-order valence-electron chi connectivity index (χ4n) is 1.96. The van der Waals surface area contributed by atoms with Crippen LogP contribution in [0.3, 0.4) is 0 Å². The Morgan fingerprint density at radius 1 is 1.14 bits per heavy atom. The number of carbonyl (C=O) groups is 1. The quantitative estimate of drug-likeness (QED) is 0.911. The van der Waals surface area contributed by atoms with Crippen LogP contribution in [-0.2, 0) is 0 Å². The van der Waals surface area contributed by atoms with E-state index in [1.54, 1.807) is 12.3 Å². The molecule has 0 aliphatic rings. The van der Waals surface area contributed by atoms with Crippen LogP contribution in [-0.4, -0.2) is 21.4 Å². The summed E-state index contributed by atoms with van der Waals surface area (Å²) in [4.78, 5) is 20.6. The molecule has 0 saturated carbocycles. The second-order valence-electron chi connectivity index (χ2n) is 6.34. The first kappa shape index (κ1) is 15.9. The van der Waals surface area contributed by atoms with Crippen molar-refractivity contribution in [3.63, 3.8) is 0 Å². The molecule has 0 fully saturated rings. The number of aryl methyl sites for hydroxylation is 1. The van der Waals surface area contributed by atoms with Gasteiger partial charge in [-0.3, -0.25) is 4.79 Å². The van der Waals surface area contributed by atoms with Gasteiger partial charge in [-0.05, 0) is 57.9 Å². The predicted molar refractivity (Wildman–Crippen MR) is 88.4 cm³/mol. The van der Waals surface area contributed by atoms with Gasteiger partial charge in [-0.2, -0.15) is 0 Å². The summed E-state index contributed by atoms with van der Waals surface area (Å²) < 4.78 is 0. The van der Waals surface area contributed by atoms with Gasteiger partial charge in [-0.15, -0.1) is 0 Å². The minimum atomic E-state index is -0.303. The summed E-state index contributed by atoms with van der Waals surface area (Å²) in [5, 5.41) is 6.06. The molecule has 0 bridgehead atoms. The van der Waals surface area contributed by atoms with E-state index in [4.69, 9.17) is 0 Å². The number of rotatable bonds is 3. The molecule has 0 atom stereocenters. The normalized spacial score (nSPS) is 11.1. The molecule has 0 aliphatic heterocycles. The molecule has 5 heteroatoms. The Labute approximate surface area is 131 Å². The van der Waals surface area contributed by atoms with Crippen LogP contribution in [0, 0.1) is 13.8 Å². The number of hydrogen-bond donors (Lipinski definition) is 2. The van der Waals surface area contributed by atoms with Crippen molar-refractivity contribution in [1.82, 2.24) is 15.3 Å². The molecular weight excluding hydrogens is 276 g/mol. The van der Waals surface area contributed by atoms with Crippen molar-refractivity contribution in [1.29, 1.82) is 0 Å². The van der Waals surface area contributed by atoms with Gasteiger partial charge in [0.05, 0.1) is 0 Å². The first-order chi connectivity index (χ1) is 10.3. The number of nitrogens with one attached hydrogen (secondary N) is 2. The van der Waals surface area contributed by atoms with Crippen molar-refractivity contribution >= 4 is 17.5 Å². The lowest BCUT2D eigenvalue weighted by Gasteiger charge is -2.20. The highest BCUT2D eigenvalue weighted by Gasteiger charge is 2.16. The summed E-state index contributed by atoms with van der Waals surface area (Å²) >= 11 is 0. The molecule has 116 valence electrons. The van der Waals surface area contributed by atoms with E-state index >= 15 is 0 Å². The molecule has 0 radical (unpaired) electrons. The molecule has 0 aliphatic carbocycles. The van der Waals surface area contributed by atoms with Crippen LogP contribution in [0.25, 0.3) is 0 Å². The second-order valence-corrected chi connectivity index (χ2v) is 6.34. The summed E-state index contributed by atoms with van der Waals surface area (Å²) in [6, 6.07) is 7.60. The summed E-state index contributed by atoms with van der Waals surface area (Å²) in [7, 11) is 0. The Morgan fingerprint density at radius 2 is 1.86 bits per heavy atom. The van der Waals surface area contributed by atoms with Crippen LogP contribution in [0.5, 0.6) is 0 Å². The van der Waals surface area contributed by atoms with Gasteiger partial charge in [0.1, 0.15) is 5.69 Å². The molecule has 1 aromatic carbocycles. The highest BCUT2D eigenvalue weighted by Crippen LogP contribution is 2.20. The van der Waals surface area contributed by atoms with Crippen molar-refractivity contribution in [3.8, 4) is 0 Å². The Kier molecular flexibility index (Phi) is 4.45. The number of hydrogen-bond acceptors (Lipinski definition) is 4. The molecule has 22 heavy (non-hydrogen) atoms. The standard InChI is InChI=1S/C17H22N4O/c1-11-7-6-8-13(12(11)2)19-16-18-10-9-14(20-16)15(22)21-17(3,4)5/h6-10H,1-5H3,(H,21,22)(H,18,19,20). The first-order valence-corrected chi connectivity index (χ1v) is 7.25. The third-order valence-corrected chi connectivity index (χ3v) is 3.23. The number of anilines is 2. The third kappa shape index (κ3) is 4.04. The molecule has 2 N–H and O–H groups in total. The zero-order valence-corrected chi connectivity index (χ0v) is 13.7. The van der Waals surface area contributed by atoms with E-state index in [-0.39, 0.29) is 11.4 Å². The molecule has 1 heterocycles. The van der Waals surface area contributed by atoms with E-state index in [9.17, 15) is 4.79 Å². The summed E-state index contributed by atoms with van der Waals surface area (Å²) in [6.45, 7) is 9.88. The molecule has 1 amide bonds. The van der Waals surface area contributed by atoms with Crippen molar-refractivity contribution in [2.45, 2.75) is 40.2 Å². The highest BCUT2D eigenvalue weighted by molar-refractivity contribution is 5.93. The van der Waals surface area contributed by atoms with Crippen LogP contribution in [0.4, 0.5) is 11.6 Å². The second kappa shape index (κ2) is 6.13. The lowest BCUT2D eigenvalue weighted by Crippen LogP contribution is -2.41. The lowest BCUT2D eigenvalue weighted by molar-refractivity contribution is 0.0914. The summed E-state index contributed by atoms with van der Waals surface area (Å²) in [6.07, 6.45) is 1.58. The number of benzene rings is 1. The van der Waals surface area contributed by atoms with Gasteiger partial charge in [0.25, 0.3) is 5.91 Å². The maximum absolute atomic E-state index is 12.2. The summed E-state index contributed by atoms with van der Waals surface area (Å²) in [5.41, 5.74) is 3.30. The fraction of sp³-hybridized carbons (Fsp3) is 0.353. The zero-order valence-electron chi connectivity index (χ0n) is 13.7. The number of aromatic nitrogens is 2. The van der Waals surface area contributed by atoms with Gasteiger partial charge in [-0.25, -0.2) is 9.97 Å². The van der Waals surface area contributed by atoms with Crippen molar-refractivity contribution < 1.29 is 4.79 Å². The van der Waals surface area contributed by atoms with Crippen molar-refractivity contribution in [2.75, 3.05) is 5.32 Å². The van der Waals surface area contributed by atoms with Crippen molar-refractivity contribution in [3.05, 3.63) is 47.3 Å². The Balaban J connectivity index is 2.22. The minimum Gasteiger partial charge on any atom is -0.346 e. The van der Waals surface area contributed by atoms with Gasteiger partial charge in [0.2, 0.25) is 5.95 Å². The molecule has 0 spiro atoms. The monoisotopic (exact) mass is 298 g/mol. The van der Waals surface area contributed by atoms with Crippen LogP contribution in [0.2, 0.25) is 0 Å². The Bertz CT molecular complexity index is 689. The molecule has 5 nitrogen and oxygen atoms in total. The highest BCUT2D eigenvalue weighted by atomic mass is 16.2. The molecule has 0 unspecified atom stereocenters. The van der Waals surface area contributed by atoms with E-state index in [2.05, 4.69) is 33.6 Å². The Hall–Kier alpha value is -2.43.